The molecule has 1 aliphatic rings. The number of rotatable bonds is 3. The van der Waals surface area contributed by atoms with E-state index in [2.05, 4.69) is 5.32 Å². The zero-order valence-electron chi connectivity index (χ0n) is 15.3. The summed E-state index contributed by atoms with van der Waals surface area (Å²) < 4.78 is 11.0. The summed E-state index contributed by atoms with van der Waals surface area (Å²) in [6.07, 6.45) is 3.26. The van der Waals surface area contributed by atoms with E-state index in [0.29, 0.717) is 49.2 Å². The number of amides is 2. The minimum Gasteiger partial charge on any atom is -0.493 e. The van der Waals surface area contributed by atoms with Crippen LogP contribution in [0.15, 0.2) is 18.2 Å². The molecule has 0 unspecified atom stereocenters. The van der Waals surface area contributed by atoms with Gasteiger partial charge in [-0.15, -0.1) is 0 Å². The highest BCUT2D eigenvalue weighted by molar-refractivity contribution is 6.31. The minimum atomic E-state index is -0.191. The molecule has 2 amide bonds. The third kappa shape index (κ3) is 6.50. The molecule has 0 saturated heterocycles. The van der Waals surface area contributed by atoms with Crippen LogP contribution in [-0.2, 0) is 9.53 Å². The molecule has 0 saturated carbocycles. The van der Waals surface area contributed by atoms with Crippen LogP contribution in [0.4, 0.5) is 0 Å². The number of ether oxygens (including phenoxy) is 2. The van der Waals surface area contributed by atoms with Gasteiger partial charge in [0.25, 0.3) is 5.91 Å². The zero-order chi connectivity index (χ0) is 18.8. The van der Waals surface area contributed by atoms with Gasteiger partial charge >= 0.3 is 0 Å². The first-order valence-corrected chi connectivity index (χ1v) is 9.55. The van der Waals surface area contributed by atoms with E-state index in [9.17, 15) is 9.59 Å². The van der Waals surface area contributed by atoms with E-state index >= 15 is 0 Å². The van der Waals surface area contributed by atoms with Gasteiger partial charge in [0.05, 0.1) is 12.2 Å². The first-order valence-electron chi connectivity index (χ1n) is 9.18. The van der Waals surface area contributed by atoms with Crippen molar-refractivity contribution < 1.29 is 19.1 Å². The van der Waals surface area contributed by atoms with Gasteiger partial charge < -0.3 is 19.7 Å². The molecule has 26 heavy (non-hydrogen) atoms. The van der Waals surface area contributed by atoms with Crippen LogP contribution < -0.4 is 10.1 Å². The fourth-order valence-electron chi connectivity index (χ4n) is 2.76. The van der Waals surface area contributed by atoms with Crippen molar-refractivity contribution in [3.8, 4) is 5.75 Å². The molecule has 0 aromatic heterocycles. The molecular formula is C19H27ClN2O4. The van der Waals surface area contributed by atoms with Crippen molar-refractivity contribution in [3.05, 3.63) is 28.8 Å². The molecule has 1 heterocycles. The summed E-state index contributed by atoms with van der Waals surface area (Å²) in [6, 6.07) is 5.07. The lowest BCUT2D eigenvalue weighted by Crippen LogP contribution is -2.36. The van der Waals surface area contributed by atoms with E-state index in [-0.39, 0.29) is 18.4 Å². The molecule has 0 spiro atoms. The third-order valence-corrected chi connectivity index (χ3v) is 4.42. The van der Waals surface area contributed by atoms with Crippen molar-refractivity contribution in [1.82, 2.24) is 10.2 Å². The number of hydrogen-bond acceptors (Lipinski definition) is 4. The normalized spacial score (nSPS) is 16.8. The summed E-state index contributed by atoms with van der Waals surface area (Å²) in [4.78, 5) is 26.5. The number of hydrogen-bond donors (Lipinski definition) is 1. The largest absolute Gasteiger partial charge is 0.493 e. The van der Waals surface area contributed by atoms with Crippen molar-refractivity contribution >= 4 is 23.4 Å². The Morgan fingerprint density at radius 2 is 2.04 bits per heavy atom. The van der Waals surface area contributed by atoms with Crippen LogP contribution >= 0.6 is 11.6 Å². The summed E-state index contributed by atoms with van der Waals surface area (Å²) in [5, 5.41) is 3.40. The van der Waals surface area contributed by atoms with Gasteiger partial charge in [-0.05, 0) is 50.8 Å². The van der Waals surface area contributed by atoms with E-state index in [1.807, 2.05) is 11.8 Å². The minimum absolute atomic E-state index is 0.0175. The average molecular weight is 383 g/mol. The molecule has 0 fully saturated rings. The Bertz CT molecular complexity index is 609. The predicted octanol–water partition coefficient (Wildman–Crippen LogP) is 2.89. The standard InChI is InChI=1S/C19H27ClN2O4/c1-2-25-14-18(23)22-10-4-3-9-21-19(24)16-13-15(20)7-8-17(16)26-12-6-5-11-22/h7-8,13H,2-6,9-12,14H2,1H3,(H,21,24). The van der Waals surface area contributed by atoms with Gasteiger partial charge in [0, 0.05) is 31.3 Å². The molecule has 0 bridgehead atoms. The second-order valence-electron chi connectivity index (χ2n) is 6.18. The van der Waals surface area contributed by atoms with Crippen LogP contribution in [0.3, 0.4) is 0 Å². The highest BCUT2D eigenvalue weighted by atomic mass is 35.5. The second kappa shape index (κ2) is 11.0. The quantitative estimate of drug-likeness (QED) is 0.872. The topological polar surface area (TPSA) is 67.9 Å². The van der Waals surface area contributed by atoms with Crippen LogP contribution in [0.2, 0.25) is 5.02 Å². The molecule has 7 heteroatoms. The van der Waals surface area contributed by atoms with Gasteiger partial charge in [0.1, 0.15) is 12.4 Å². The van der Waals surface area contributed by atoms with E-state index < -0.39 is 0 Å². The first-order chi connectivity index (χ1) is 12.6. The number of fused-ring (bicyclic) bond motifs is 1. The predicted molar refractivity (Wildman–Crippen MR) is 101 cm³/mol. The van der Waals surface area contributed by atoms with Crippen molar-refractivity contribution in [2.75, 3.05) is 39.5 Å². The Labute approximate surface area is 159 Å². The highest BCUT2D eigenvalue weighted by Crippen LogP contribution is 2.23. The van der Waals surface area contributed by atoms with Crippen molar-refractivity contribution in [2.24, 2.45) is 0 Å². The summed E-state index contributed by atoms with van der Waals surface area (Å²) in [6.45, 7) is 4.91. The number of benzene rings is 1. The fraction of sp³-hybridized carbons (Fsp3) is 0.579. The van der Waals surface area contributed by atoms with Gasteiger partial charge in [-0.1, -0.05) is 11.6 Å². The van der Waals surface area contributed by atoms with E-state index in [4.69, 9.17) is 21.1 Å². The maximum absolute atomic E-state index is 12.4. The van der Waals surface area contributed by atoms with E-state index in [1.165, 1.54) is 0 Å². The Kier molecular flexibility index (Phi) is 8.71. The molecule has 1 aliphatic heterocycles. The third-order valence-electron chi connectivity index (χ3n) is 4.19. The van der Waals surface area contributed by atoms with E-state index in [0.717, 1.165) is 25.7 Å². The highest BCUT2D eigenvalue weighted by Gasteiger charge is 2.16. The molecule has 1 N–H and O–H groups in total. The molecule has 1 aromatic carbocycles. The number of carbonyl (C=O) groups is 2. The molecule has 0 atom stereocenters. The van der Waals surface area contributed by atoms with Crippen LogP contribution in [0.25, 0.3) is 0 Å². The Balaban J connectivity index is 2.00. The summed E-state index contributed by atoms with van der Waals surface area (Å²) in [7, 11) is 0. The maximum atomic E-state index is 12.4. The molecular weight excluding hydrogens is 356 g/mol. The Morgan fingerprint density at radius 3 is 2.81 bits per heavy atom. The first kappa shape index (κ1) is 20.5. The molecule has 2 rings (SSSR count). The van der Waals surface area contributed by atoms with Crippen molar-refractivity contribution in [2.45, 2.75) is 32.6 Å². The number of carbonyl (C=O) groups excluding carboxylic acids is 2. The van der Waals surface area contributed by atoms with Crippen molar-refractivity contribution in [3.63, 3.8) is 0 Å². The average Bonchev–Trinajstić information content (AvgIpc) is 2.64. The molecule has 0 aliphatic carbocycles. The van der Waals surface area contributed by atoms with Crippen LogP contribution in [0.1, 0.15) is 43.0 Å². The van der Waals surface area contributed by atoms with Gasteiger partial charge in [0.2, 0.25) is 5.91 Å². The van der Waals surface area contributed by atoms with Gasteiger partial charge in [-0.2, -0.15) is 0 Å². The van der Waals surface area contributed by atoms with Crippen LogP contribution in [0, 0.1) is 0 Å². The van der Waals surface area contributed by atoms with Crippen molar-refractivity contribution in [1.29, 1.82) is 0 Å². The number of nitrogens with one attached hydrogen (secondary N) is 1. The lowest BCUT2D eigenvalue weighted by molar-refractivity contribution is -0.136. The van der Waals surface area contributed by atoms with Gasteiger partial charge in [-0.3, -0.25) is 9.59 Å². The SMILES string of the molecule is CCOCC(=O)N1CCCCNC(=O)c2cc(Cl)ccc2OCCCC1. The molecule has 6 nitrogen and oxygen atoms in total. The number of halogens is 1. The summed E-state index contributed by atoms with van der Waals surface area (Å²) in [5.41, 5.74) is 0.461. The number of nitrogens with zero attached hydrogens (tertiary/aromatic N) is 1. The zero-order valence-corrected chi connectivity index (χ0v) is 16.0. The monoisotopic (exact) mass is 382 g/mol. The summed E-state index contributed by atoms with van der Waals surface area (Å²) in [5.74, 6) is 0.362. The lowest BCUT2D eigenvalue weighted by atomic mass is 10.1. The van der Waals surface area contributed by atoms with Crippen LogP contribution in [-0.4, -0.2) is 56.2 Å². The van der Waals surface area contributed by atoms with Gasteiger partial charge in [-0.25, -0.2) is 0 Å². The fourth-order valence-corrected chi connectivity index (χ4v) is 2.93. The smallest absolute Gasteiger partial charge is 0.255 e. The van der Waals surface area contributed by atoms with Gasteiger partial charge in [0.15, 0.2) is 0 Å². The maximum Gasteiger partial charge on any atom is 0.255 e. The van der Waals surface area contributed by atoms with Crippen LogP contribution in [0.5, 0.6) is 5.75 Å². The van der Waals surface area contributed by atoms with E-state index in [1.54, 1.807) is 18.2 Å². The molecule has 144 valence electrons. The Hall–Kier alpha value is -1.79. The molecule has 0 radical (unpaired) electrons. The molecule has 1 aromatic rings. The summed E-state index contributed by atoms with van der Waals surface area (Å²) >= 11 is 6.01. The lowest BCUT2D eigenvalue weighted by Gasteiger charge is -2.23. The second-order valence-corrected chi connectivity index (χ2v) is 6.61. The Morgan fingerprint density at radius 1 is 1.27 bits per heavy atom.